The highest BCUT2D eigenvalue weighted by Gasteiger charge is 2.31. The highest BCUT2D eigenvalue weighted by atomic mass is 16.6. The maximum atomic E-state index is 11.3. The minimum atomic E-state index is -0.364. The van der Waals surface area contributed by atoms with Crippen molar-refractivity contribution in [3.05, 3.63) is 45.8 Å². The maximum absolute atomic E-state index is 11.3. The number of non-ortho nitro benzene ring substituents is 1. The van der Waals surface area contributed by atoms with Gasteiger partial charge >= 0.3 is 0 Å². The van der Waals surface area contributed by atoms with E-state index >= 15 is 0 Å². The lowest BCUT2D eigenvalue weighted by Gasteiger charge is -2.33. The Bertz CT molecular complexity index is 834. The predicted molar refractivity (Wildman–Crippen MR) is 108 cm³/mol. The van der Waals surface area contributed by atoms with Gasteiger partial charge in [-0.25, -0.2) is 4.68 Å². The number of nitrogens with one attached hydrogen (secondary N) is 1. The van der Waals surface area contributed by atoms with E-state index in [1.807, 2.05) is 10.7 Å². The van der Waals surface area contributed by atoms with E-state index in [0.717, 1.165) is 49.9 Å². The molecular formula is C20H29N7O2. The van der Waals surface area contributed by atoms with Crippen LogP contribution in [0.1, 0.15) is 81.3 Å². The molecule has 0 spiro atoms. The molecule has 3 atom stereocenters. The third kappa shape index (κ3) is 4.45. The number of nitro benzene ring substituents is 1. The first-order chi connectivity index (χ1) is 14.1. The van der Waals surface area contributed by atoms with Crippen LogP contribution >= 0.6 is 0 Å². The number of tetrazole rings is 1. The molecule has 0 aliphatic heterocycles. The van der Waals surface area contributed by atoms with Gasteiger partial charge in [-0.1, -0.05) is 44.2 Å². The van der Waals surface area contributed by atoms with Gasteiger partial charge in [0.25, 0.3) is 5.69 Å². The summed E-state index contributed by atoms with van der Waals surface area (Å²) in [7, 11) is 0. The second-order valence-corrected chi connectivity index (χ2v) is 8.28. The molecule has 9 nitrogen and oxygen atoms in total. The van der Waals surface area contributed by atoms with E-state index in [1.54, 1.807) is 12.1 Å². The molecule has 3 N–H and O–H groups in total. The van der Waals surface area contributed by atoms with Crippen molar-refractivity contribution in [2.45, 2.75) is 82.0 Å². The van der Waals surface area contributed by atoms with E-state index in [-0.39, 0.29) is 34.8 Å². The summed E-state index contributed by atoms with van der Waals surface area (Å²) in [6.07, 6.45) is 9.94. The van der Waals surface area contributed by atoms with Crippen molar-refractivity contribution in [3.63, 3.8) is 0 Å². The molecule has 2 aliphatic rings. The first-order valence-corrected chi connectivity index (χ1v) is 10.7. The van der Waals surface area contributed by atoms with Crippen LogP contribution < -0.4 is 11.1 Å². The number of aromatic nitrogens is 4. The van der Waals surface area contributed by atoms with E-state index in [9.17, 15) is 10.1 Å². The first kappa shape index (κ1) is 19.9. The molecule has 1 aromatic heterocycles. The molecule has 2 fully saturated rings. The van der Waals surface area contributed by atoms with Crippen LogP contribution in [-0.4, -0.2) is 37.2 Å². The van der Waals surface area contributed by atoms with Crippen LogP contribution in [0.5, 0.6) is 0 Å². The van der Waals surface area contributed by atoms with Crippen LogP contribution in [-0.2, 0) is 0 Å². The number of hydrogen-bond acceptors (Lipinski definition) is 7. The quantitative estimate of drug-likeness (QED) is 0.565. The second kappa shape index (κ2) is 8.96. The van der Waals surface area contributed by atoms with E-state index in [2.05, 4.69) is 20.8 Å². The topological polar surface area (TPSA) is 125 Å². The van der Waals surface area contributed by atoms with Crippen molar-refractivity contribution in [3.8, 4) is 0 Å². The van der Waals surface area contributed by atoms with Gasteiger partial charge in [0.05, 0.1) is 17.0 Å². The maximum Gasteiger partial charge on any atom is 0.269 e. The minimum Gasteiger partial charge on any atom is -0.326 e. The third-order valence-electron chi connectivity index (χ3n) is 6.31. The number of nitrogens with zero attached hydrogens (tertiary/aromatic N) is 5. The molecular weight excluding hydrogens is 370 g/mol. The summed E-state index contributed by atoms with van der Waals surface area (Å²) in [5.41, 5.74) is 7.25. The van der Waals surface area contributed by atoms with Gasteiger partial charge in [0.15, 0.2) is 5.82 Å². The average molecular weight is 399 g/mol. The van der Waals surface area contributed by atoms with Gasteiger partial charge in [-0.05, 0) is 41.7 Å². The molecule has 156 valence electrons. The summed E-state index contributed by atoms with van der Waals surface area (Å²) in [4.78, 5) is 11.0. The van der Waals surface area contributed by atoms with E-state index < -0.39 is 0 Å². The summed E-state index contributed by atoms with van der Waals surface area (Å²) in [6.45, 7) is 0. The molecule has 3 unspecified atom stereocenters. The fourth-order valence-electron chi connectivity index (χ4n) is 4.69. The van der Waals surface area contributed by atoms with Crippen molar-refractivity contribution in [2.24, 2.45) is 5.73 Å². The molecule has 29 heavy (non-hydrogen) atoms. The lowest BCUT2D eigenvalue weighted by atomic mass is 9.89. The zero-order chi connectivity index (χ0) is 20.2. The molecule has 1 aromatic carbocycles. The smallest absolute Gasteiger partial charge is 0.269 e. The highest BCUT2D eigenvalue weighted by molar-refractivity contribution is 5.38. The van der Waals surface area contributed by atoms with Crippen LogP contribution in [0, 0.1) is 10.1 Å². The van der Waals surface area contributed by atoms with Gasteiger partial charge in [-0.3, -0.25) is 15.4 Å². The lowest BCUT2D eigenvalue weighted by Crippen LogP contribution is -2.49. The van der Waals surface area contributed by atoms with Crippen LogP contribution in [0.15, 0.2) is 24.3 Å². The molecule has 0 radical (unpaired) electrons. The van der Waals surface area contributed by atoms with Gasteiger partial charge in [0.2, 0.25) is 0 Å². The van der Waals surface area contributed by atoms with Crippen LogP contribution in [0.25, 0.3) is 0 Å². The first-order valence-electron chi connectivity index (χ1n) is 10.7. The van der Waals surface area contributed by atoms with E-state index in [1.165, 1.54) is 25.3 Å². The summed E-state index contributed by atoms with van der Waals surface area (Å²) >= 11 is 0. The van der Waals surface area contributed by atoms with Gasteiger partial charge in [0.1, 0.15) is 0 Å². The molecule has 2 aliphatic carbocycles. The SMILES string of the molecule is NC1CCCCC1NC(c1cccc([N+](=O)[O-])c1)c1nnnn1C1CCCCC1. The summed E-state index contributed by atoms with van der Waals surface area (Å²) in [5.74, 6) is 0.718. The normalized spacial score (nSPS) is 24.3. The Morgan fingerprint density at radius 3 is 2.66 bits per heavy atom. The Balaban J connectivity index is 1.70. The van der Waals surface area contributed by atoms with Crippen molar-refractivity contribution in [2.75, 3.05) is 0 Å². The van der Waals surface area contributed by atoms with Gasteiger partial charge in [-0.15, -0.1) is 5.10 Å². The van der Waals surface area contributed by atoms with Gasteiger partial charge in [-0.2, -0.15) is 0 Å². The van der Waals surface area contributed by atoms with Crippen molar-refractivity contribution in [1.29, 1.82) is 0 Å². The lowest BCUT2D eigenvalue weighted by molar-refractivity contribution is -0.384. The molecule has 1 heterocycles. The zero-order valence-electron chi connectivity index (χ0n) is 16.6. The number of rotatable bonds is 6. The van der Waals surface area contributed by atoms with Crippen LogP contribution in [0.2, 0.25) is 0 Å². The Labute approximate surface area is 170 Å². The largest absolute Gasteiger partial charge is 0.326 e. The van der Waals surface area contributed by atoms with E-state index in [0.29, 0.717) is 0 Å². The fraction of sp³-hybridized carbons (Fsp3) is 0.650. The van der Waals surface area contributed by atoms with Gasteiger partial charge in [0, 0.05) is 24.2 Å². The minimum absolute atomic E-state index is 0.0592. The van der Waals surface area contributed by atoms with Crippen LogP contribution in [0.4, 0.5) is 5.69 Å². The predicted octanol–water partition coefficient (Wildman–Crippen LogP) is 3.04. The Morgan fingerprint density at radius 2 is 1.90 bits per heavy atom. The molecule has 9 heteroatoms. The fourth-order valence-corrected chi connectivity index (χ4v) is 4.69. The summed E-state index contributed by atoms with van der Waals surface area (Å²) in [5, 5.41) is 27.6. The average Bonchev–Trinajstić information content (AvgIpc) is 3.23. The number of nitrogens with two attached hydrogens (primary N) is 1. The highest BCUT2D eigenvalue weighted by Crippen LogP contribution is 2.32. The second-order valence-electron chi connectivity index (χ2n) is 8.28. The standard InChI is InChI=1S/C20H29N7O2/c21-17-11-4-5-12-18(17)22-19(14-7-6-10-16(13-14)27(28)29)20-23-24-25-26(20)15-8-2-1-3-9-15/h6-7,10,13,15,17-19,22H,1-5,8-9,11-12,21H2. The monoisotopic (exact) mass is 399 g/mol. The third-order valence-corrected chi connectivity index (χ3v) is 6.31. The summed E-state index contributed by atoms with van der Waals surface area (Å²) < 4.78 is 1.93. The van der Waals surface area contributed by atoms with Crippen molar-refractivity contribution in [1.82, 2.24) is 25.5 Å². The molecule has 0 amide bonds. The van der Waals surface area contributed by atoms with Crippen LogP contribution in [0.3, 0.4) is 0 Å². The van der Waals surface area contributed by atoms with Gasteiger partial charge < -0.3 is 5.73 Å². The molecule has 2 aromatic rings. The Hall–Kier alpha value is -2.39. The molecule has 0 saturated heterocycles. The number of nitro groups is 1. The molecule has 0 bridgehead atoms. The molecule has 4 rings (SSSR count). The summed E-state index contributed by atoms with van der Waals surface area (Å²) in [6, 6.07) is 6.88. The molecule has 2 saturated carbocycles. The Morgan fingerprint density at radius 1 is 1.14 bits per heavy atom. The van der Waals surface area contributed by atoms with Crippen molar-refractivity contribution < 1.29 is 4.92 Å². The number of benzene rings is 1. The number of hydrogen-bond donors (Lipinski definition) is 2. The van der Waals surface area contributed by atoms with Crippen molar-refractivity contribution >= 4 is 5.69 Å². The Kier molecular flexibility index (Phi) is 6.15. The van der Waals surface area contributed by atoms with E-state index in [4.69, 9.17) is 5.73 Å². The zero-order valence-corrected chi connectivity index (χ0v) is 16.6.